The van der Waals surface area contributed by atoms with E-state index in [0.29, 0.717) is 48.7 Å². The van der Waals surface area contributed by atoms with Gasteiger partial charge in [-0.05, 0) is 61.2 Å². The molecule has 39 heavy (non-hydrogen) atoms. The summed E-state index contributed by atoms with van der Waals surface area (Å²) in [6, 6.07) is 23.8. The van der Waals surface area contributed by atoms with Crippen LogP contribution in [0.2, 0.25) is 0 Å². The lowest BCUT2D eigenvalue weighted by atomic mass is 10.1. The predicted octanol–water partition coefficient (Wildman–Crippen LogP) is 5.29. The normalized spacial score (nSPS) is 14.4. The van der Waals surface area contributed by atoms with Crippen molar-refractivity contribution < 1.29 is 9.53 Å². The number of hydrogen-bond acceptors (Lipinski definition) is 6. The molecule has 1 aromatic heterocycles. The van der Waals surface area contributed by atoms with Crippen molar-refractivity contribution in [2.45, 2.75) is 43.6 Å². The third-order valence-electron chi connectivity index (χ3n) is 6.94. The number of anilines is 2. The third-order valence-corrected chi connectivity index (χ3v) is 8.30. The summed E-state index contributed by atoms with van der Waals surface area (Å²) < 4.78 is 7.24. The summed E-state index contributed by atoms with van der Waals surface area (Å²) in [6.45, 7) is 7.40. The minimum Gasteiger partial charge on any atom is -0.378 e. The fourth-order valence-corrected chi connectivity index (χ4v) is 5.81. The third kappa shape index (κ3) is 6.52. The molecule has 7 nitrogen and oxygen atoms in total. The summed E-state index contributed by atoms with van der Waals surface area (Å²) in [7, 11) is 0. The SMILES string of the molecule is CC[C@H](Sc1nc2ccc(N3CCOCC3)cc2c(=O)n1CCc1ccccc1)C(=O)Nc1cccc(C)c1. The minimum absolute atomic E-state index is 0.0810. The largest absolute Gasteiger partial charge is 0.378 e. The van der Waals surface area contributed by atoms with E-state index in [4.69, 9.17) is 9.72 Å². The van der Waals surface area contributed by atoms with Gasteiger partial charge in [-0.3, -0.25) is 14.2 Å². The van der Waals surface area contributed by atoms with Crippen LogP contribution < -0.4 is 15.8 Å². The highest BCUT2D eigenvalue weighted by molar-refractivity contribution is 8.00. The Balaban J connectivity index is 1.48. The first-order valence-corrected chi connectivity index (χ1v) is 14.3. The number of carbonyl (C=O) groups excluding carboxylic acids is 1. The number of hydrogen-bond donors (Lipinski definition) is 1. The van der Waals surface area contributed by atoms with Gasteiger partial charge in [0.1, 0.15) is 0 Å². The summed E-state index contributed by atoms with van der Waals surface area (Å²) >= 11 is 1.36. The van der Waals surface area contributed by atoms with Crippen LogP contribution in [0.1, 0.15) is 24.5 Å². The van der Waals surface area contributed by atoms with Crippen molar-refractivity contribution in [3.63, 3.8) is 0 Å². The fraction of sp³-hybridized carbons (Fsp3) is 0.323. The number of morpholine rings is 1. The molecule has 0 bridgehead atoms. The van der Waals surface area contributed by atoms with Gasteiger partial charge in [0.2, 0.25) is 5.91 Å². The Labute approximate surface area is 233 Å². The first-order chi connectivity index (χ1) is 19.0. The molecule has 0 spiro atoms. The molecule has 0 unspecified atom stereocenters. The number of ether oxygens (including phenoxy) is 1. The number of carbonyl (C=O) groups is 1. The maximum absolute atomic E-state index is 13.9. The number of aromatic nitrogens is 2. The fourth-order valence-electron chi connectivity index (χ4n) is 4.77. The van der Waals surface area contributed by atoms with Crippen LogP contribution in [0.25, 0.3) is 10.9 Å². The molecule has 4 aromatic rings. The molecule has 1 aliphatic heterocycles. The first-order valence-electron chi connectivity index (χ1n) is 13.5. The molecule has 0 aliphatic carbocycles. The number of amides is 1. The smallest absolute Gasteiger partial charge is 0.262 e. The molecular formula is C31H34N4O3S. The molecule has 1 saturated heterocycles. The van der Waals surface area contributed by atoms with E-state index in [2.05, 4.69) is 22.3 Å². The van der Waals surface area contributed by atoms with Crippen molar-refractivity contribution in [3.05, 3.63) is 94.3 Å². The Morgan fingerprint density at radius 2 is 1.85 bits per heavy atom. The van der Waals surface area contributed by atoms with Crippen LogP contribution in [0.5, 0.6) is 0 Å². The van der Waals surface area contributed by atoms with Gasteiger partial charge in [-0.25, -0.2) is 4.98 Å². The molecule has 3 aromatic carbocycles. The van der Waals surface area contributed by atoms with E-state index < -0.39 is 5.25 Å². The average Bonchev–Trinajstić information content (AvgIpc) is 2.96. The summed E-state index contributed by atoms with van der Waals surface area (Å²) in [6.07, 6.45) is 1.29. The molecule has 1 N–H and O–H groups in total. The van der Waals surface area contributed by atoms with Crippen molar-refractivity contribution in [1.29, 1.82) is 0 Å². The lowest BCUT2D eigenvalue weighted by Gasteiger charge is -2.29. The van der Waals surface area contributed by atoms with E-state index in [-0.39, 0.29) is 11.5 Å². The van der Waals surface area contributed by atoms with Gasteiger partial charge in [0.15, 0.2) is 5.16 Å². The number of fused-ring (bicyclic) bond motifs is 1. The summed E-state index contributed by atoms with van der Waals surface area (Å²) in [5, 5.41) is 3.79. The lowest BCUT2D eigenvalue weighted by molar-refractivity contribution is -0.115. The number of aryl methyl sites for hydroxylation is 2. The molecule has 0 radical (unpaired) electrons. The first kappa shape index (κ1) is 27.0. The number of nitrogens with one attached hydrogen (secondary N) is 1. The van der Waals surface area contributed by atoms with E-state index in [1.165, 1.54) is 11.8 Å². The van der Waals surface area contributed by atoms with Gasteiger partial charge in [-0.2, -0.15) is 0 Å². The molecule has 202 valence electrons. The second-order valence-electron chi connectivity index (χ2n) is 9.76. The number of thioether (sulfide) groups is 1. The number of benzene rings is 3. The van der Waals surface area contributed by atoms with Gasteiger partial charge in [-0.15, -0.1) is 0 Å². The lowest BCUT2D eigenvalue weighted by Crippen LogP contribution is -2.36. The number of nitrogens with zero attached hydrogens (tertiary/aromatic N) is 3. The molecule has 1 atom stereocenters. The number of rotatable bonds is 9. The highest BCUT2D eigenvalue weighted by atomic mass is 32.2. The van der Waals surface area contributed by atoms with Crippen molar-refractivity contribution in [2.24, 2.45) is 0 Å². The van der Waals surface area contributed by atoms with Gasteiger partial charge >= 0.3 is 0 Å². The van der Waals surface area contributed by atoms with Gasteiger partial charge in [0, 0.05) is 31.0 Å². The Morgan fingerprint density at radius 3 is 2.59 bits per heavy atom. The zero-order valence-corrected chi connectivity index (χ0v) is 23.2. The Hall–Kier alpha value is -3.62. The van der Waals surface area contributed by atoms with E-state index >= 15 is 0 Å². The van der Waals surface area contributed by atoms with Crippen molar-refractivity contribution in [2.75, 3.05) is 36.5 Å². The van der Waals surface area contributed by atoms with Crippen molar-refractivity contribution in [3.8, 4) is 0 Å². The van der Waals surface area contributed by atoms with Crippen LogP contribution >= 0.6 is 11.8 Å². The molecule has 1 aliphatic rings. The minimum atomic E-state index is -0.398. The van der Waals surface area contributed by atoms with Crippen LogP contribution in [0.3, 0.4) is 0 Å². The van der Waals surface area contributed by atoms with Crippen molar-refractivity contribution >= 4 is 39.9 Å². The zero-order valence-electron chi connectivity index (χ0n) is 22.4. The van der Waals surface area contributed by atoms with E-state index in [0.717, 1.165) is 35.6 Å². The predicted molar refractivity (Wildman–Crippen MR) is 159 cm³/mol. The van der Waals surface area contributed by atoms with Gasteiger partial charge in [0.05, 0.1) is 29.4 Å². The Bertz CT molecular complexity index is 1500. The van der Waals surface area contributed by atoms with E-state index in [9.17, 15) is 9.59 Å². The molecule has 1 fully saturated rings. The molecule has 0 saturated carbocycles. The quantitative estimate of drug-likeness (QED) is 0.229. The Morgan fingerprint density at radius 1 is 1.05 bits per heavy atom. The van der Waals surface area contributed by atoms with Crippen LogP contribution in [-0.2, 0) is 22.5 Å². The summed E-state index contributed by atoms with van der Waals surface area (Å²) in [5.41, 5.74) is 4.56. The van der Waals surface area contributed by atoms with E-state index in [1.54, 1.807) is 4.57 Å². The highest BCUT2D eigenvalue weighted by Crippen LogP contribution is 2.28. The highest BCUT2D eigenvalue weighted by Gasteiger charge is 2.23. The van der Waals surface area contributed by atoms with Gasteiger partial charge < -0.3 is 15.0 Å². The molecule has 2 heterocycles. The maximum Gasteiger partial charge on any atom is 0.262 e. The second kappa shape index (κ2) is 12.5. The maximum atomic E-state index is 13.9. The molecule has 1 amide bonds. The zero-order chi connectivity index (χ0) is 27.2. The second-order valence-corrected chi connectivity index (χ2v) is 10.9. The molecule has 5 rings (SSSR count). The van der Waals surface area contributed by atoms with E-state index in [1.807, 2.05) is 74.5 Å². The Kier molecular flexibility index (Phi) is 8.64. The van der Waals surface area contributed by atoms with Crippen LogP contribution in [-0.4, -0.2) is 47.0 Å². The van der Waals surface area contributed by atoms with Crippen LogP contribution in [0.4, 0.5) is 11.4 Å². The molecule has 8 heteroatoms. The average molecular weight is 543 g/mol. The summed E-state index contributed by atoms with van der Waals surface area (Å²) in [4.78, 5) is 34.4. The van der Waals surface area contributed by atoms with Gasteiger partial charge in [0.25, 0.3) is 5.56 Å². The van der Waals surface area contributed by atoms with Crippen LogP contribution in [0.15, 0.2) is 82.7 Å². The standard InChI is InChI=1S/C31H34N4O3S/c1-3-28(29(36)32-24-11-7-8-22(2)20-24)39-31-33-27-13-12-25(34-16-18-38-19-17-34)21-26(27)30(37)35(31)15-14-23-9-5-4-6-10-23/h4-13,20-21,28H,3,14-19H2,1-2H3,(H,32,36)/t28-/m0/s1. The van der Waals surface area contributed by atoms with Crippen molar-refractivity contribution in [1.82, 2.24) is 9.55 Å². The monoisotopic (exact) mass is 542 g/mol. The van der Waals surface area contributed by atoms with Gasteiger partial charge in [-0.1, -0.05) is 61.2 Å². The summed E-state index contributed by atoms with van der Waals surface area (Å²) in [5.74, 6) is -0.0975. The molecular weight excluding hydrogens is 508 g/mol. The topological polar surface area (TPSA) is 76.5 Å². The van der Waals surface area contributed by atoms with Crippen LogP contribution in [0, 0.1) is 6.92 Å².